The predicted octanol–water partition coefficient (Wildman–Crippen LogP) is 10.6. The monoisotopic (exact) mass is 782 g/mol. The van der Waals surface area contributed by atoms with Crippen molar-refractivity contribution < 1.29 is 0 Å². The average molecular weight is 783 g/mol. The van der Waals surface area contributed by atoms with E-state index in [1.807, 2.05) is 0 Å². The Morgan fingerprint density at radius 2 is 0.933 bits per heavy atom. The molecule has 0 unspecified atom stereocenters. The van der Waals surface area contributed by atoms with Crippen molar-refractivity contribution in [1.29, 1.82) is 0 Å². The Hall–Kier alpha value is -7.73. The molecule has 0 bridgehead atoms. The van der Waals surface area contributed by atoms with Gasteiger partial charge in [0.1, 0.15) is 0 Å². The molecule has 12 aromatic rings. The number of hydrogen-bond acceptors (Lipinski definition) is 1. The lowest BCUT2D eigenvalue weighted by molar-refractivity contribution is 1.12. The van der Waals surface area contributed by atoms with E-state index in [4.69, 9.17) is 4.98 Å². The van der Waals surface area contributed by atoms with Crippen molar-refractivity contribution in [3.63, 3.8) is 0 Å². The van der Waals surface area contributed by atoms with Crippen LogP contribution in [0, 0.1) is 0 Å². The van der Waals surface area contributed by atoms with E-state index in [9.17, 15) is 0 Å². The summed E-state index contributed by atoms with van der Waals surface area (Å²) in [6, 6.07) is 84.5. The predicted molar refractivity (Wildman–Crippen MR) is 253 cm³/mol. The number of fused-ring (bicyclic) bond motifs is 8. The molecule has 0 atom stereocenters. The molecule has 0 fully saturated rings. The molecule has 0 aliphatic rings. The summed E-state index contributed by atoms with van der Waals surface area (Å²) in [7, 11) is -2.81. The summed E-state index contributed by atoms with van der Waals surface area (Å²) < 4.78 is 7.09. The van der Waals surface area contributed by atoms with Crippen molar-refractivity contribution in [1.82, 2.24) is 18.5 Å². The second kappa shape index (κ2) is 13.7. The molecule has 60 heavy (non-hydrogen) atoms. The van der Waals surface area contributed by atoms with Gasteiger partial charge in [-0.3, -0.25) is 8.97 Å². The highest BCUT2D eigenvalue weighted by molar-refractivity contribution is 7.20. The van der Waals surface area contributed by atoms with Crippen LogP contribution in [0.25, 0.3) is 72.2 Å². The Balaban J connectivity index is 1.11. The summed E-state index contributed by atoms with van der Waals surface area (Å²) in [6.07, 6.45) is 0. The van der Waals surface area contributed by atoms with Gasteiger partial charge in [-0.15, -0.1) is 0 Å². The molecule has 9 aromatic carbocycles. The van der Waals surface area contributed by atoms with Crippen LogP contribution < -0.4 is 20.7 Å². The standard InChI is InChI=1S/C55H38N4Si/c1-4-22-41(23-5-1)60(42-24-6-2-7-25-42,43-26-8-3-9-27-43)53-37-17-11-28-44(53)39-20-18-21-40(38-39)57-47-31-13-10-29-45(47)54-51(57)35-19-36-52(54)59-50-34-16-15-33-49(50)58-48-32-14-12-30-46(48)56-55(58)59/h1-38H. The fraction of sp³-hybridized carbons (Fsp3) is 0. The van der Waals surface area contributed by atoms with Gasteiger partial charge in [0.2, 0.25) is 5.78 Å². The van der Waals surface area contributed by atoms with Crippen molar-refractivity contribution in [2.24, 2.45) is 0 Å². The highest BCUT2D eigenvalue weighted by Crippen LogP contribution is 2.39. The van der Waals surface area contributed by atoms with Crippen LogP contribution in [-0.2, 0) is 0 Å². The van der Waals surface area contributed by atoms with Gasteiger partial charge in [-0.1, -0.05) is 176 Å². The minimum Gasteiger partial charge on any atom is -0.309 e. The Kier molecular flexibility index (Phi) is 7.83. The fourth-order valence-electron chi connectivity index (χ4n) is 9.96. The molecule has 3 aromatic heterocycles. The Labute approximate surface area is 348 Å². The van der Waals surface area contributed by atoms with Gasteiger partial charge in [-0.2, -0.15) is 0 Å². The minimum atomic E-state index is -2.81. The zero-order valence-corrected chi connectivity index (χ0v) is 33.7. The third kappa shape index (κ3) is 5.00. The number of hydrogen-bond donors (Lipinski definition) is 0. The third-order valence-corrected chi connectivity index (χ3v) is 17.2. The lowest BCUT2D eigenvalue weighted by atomic mass is 10.0. The first-order valence-electron chi connectivity index (χ1n) is 20.6. The van der Waals surface area contributed by atoms with Gasteiger partial charge >= 0.3 is 0 Å². The summed E-state index contributed by atoms with van der Waals surface area (Å²) in [5.74, 6) is 0.906. The molecule has 4 nitrogen and oxygen atoms in total. The number of imidazole rings is 2. The molecule has 0 N–H and O–H groups in total. The van der Waals surface area contributed by atoms with Crippen molar-refractivity contribution in [3.05, 3.63) is 231 Å². The van der Waals surface area contributed by atoms with E-state index in [1.54, 1.807) is 0 Å². The van der Waals surface area contributed by atoms with E-state index in [-0.39, 0.29) is 0 Å². The highest BCUT2D eigenvalue weighted by atomic mass is 28.3. The largest absolute Gasteiger partial charge is 0.309 e. The summed E-state index contributed by atoms with van der Waals surface area (Å²) in [6.45, 7) is 0. The lowest BCUT2D eigenvalue weighted by Gasteiger charge is -2.36. The summed E-state index contributed by atoms with van der Waals surface area (Å²) in [4.78, 5) is 5.24. The number of benzene rings is 9. The molecule has 0 aliphatic heterocycles. The van der Waals surface area contributed by atoms with Crippen LogP contribution in [0.15, 0.2) is 231 Å². The van der Waals surface area contributed by atoms with Crippen LogP contribution in [-0.4, -0.2) is 26.6 Å². The second-order valence-corrected chi connectivity index (χ2v) is 19.3. The molecule has 282 valence electrons. The van der Waals surface area contributed by atoms with Crippen molar-refractivity contribution in [2.75, 3.05) is 0 Å². The van der Waals surface area contributed by atoms with Crippen LogP contribution in [0.4, 0.5) is 0 Å². The molecule has 5 heteroatoms. The van der Waals surface area contributed by atoms with E-state index in [0.717, 1.165) is 50.3 Å². The molecule has 0 spiro atoms. The molecule has 0 radical (unpaired) electrons. The number of para-hydroxylation sites is 5. The van der Waals surface area contributed by atoms with Gasteiger partial charge in [0, 0.05) is 16.5 Å². The first-order valence-corrected chi connectivity index (χ1v) is 22.6. The highest BCUT2D eigenvalue weighted by Gasteiger charge is 2.42. The maximum Gasteiger partial charge on any atom is 0.220 e. The van der Waals surface area contributed by atoms with Gasteiger partial charge in [0.15, 0.2) is 8.07 Å². The molecular weight excluding hydrogens is 745 g/mol. The van der Waals surface area contributed by atoms with Gasteiger partial charge in [0.05, 0.1) is 38.8 Å². The molecule has 3 heterocycles. The SMILES string of the molecule is c1ccc([Si](c2ccccc2)(c2ccccc2)c2ccccc2-c2cccc(-n3c4ccccc4c4c(-n5c6ccccc6n6c7ccccc7nc56)cccc43)c2)cc1. The molecule has 0 aliphatic carbocycles. The van der Waals surface area contributed by atoms with Gasteiger partial charge in [-0.05, 0) is 86.5 Å². The van der Waals surface area contributed by atoms with E-state index in [1.165, 1.54) is 42.6 Å². The zero-order chi connectivity index (χ0) is 39.6. The summed E-state index contributed by atoms with van der Waals surface area (Å²) >= 11 is 0. The normalized spacial score (nSPS) is 12.0. The van der Waals surface area contributed by atoms with Crippen LogP contribution in [0.1, 0.15) is 0 Å². The van der Waals surface area contributed by atoms with E-state index in [0.29, 0.717) is 0 Å². The Bertz CT molecular complexity index is 3450. The quantitative estimate of drug-likeness (QED) is 0.117. The number of nitrogens with zero attached hydrogens (tertiary/aromatic N) is 4. The van der Waals surface area contributed by atoms with Crippen LogP contribution in [0.3, 0.4) is 0 Å². The lowest BCUT2D eigenvalue weighted by Crippen LogP contribution is -2.75. The maximum absolute atomic E-state index is 5.24. The van der Waals surface area contributed by atoms with E-state index in [2.05, 4.69) is 244 Å². The van der Waals surface area contributed by atoms with Crippen molar-refractivity contribution in [3.8, 4) is 22.5 Å². The molecule has 0 amide bonds. The maximum atomic E-state index is 5.24. The van der Waals surface area contributed by atoms with Crippen LogP contribution >= 0.6 is 0 Å². The van der Waals surface area contributed by atoms with Crippen LogP contribution in [0.5, 0.6) is 0 Å². The molecule has 12 rings (SSSR count). The van der Waals surface area contributed by atoms with Crippen molar-refractivity contribution in [2.45, 2.75) is 0 Å². The molecule has 0 saturated carbocycles. The van der Waals surface area contributed by atoms with Gasteiger partial charge < -0.3 is 4.57 Å². The summed E-state index contributed by atoms with van der Waals surface area (Å²) in [5.41, 5.74) is 11.3. The Morgan fingerprint density at radius 1 is 0.383 bits per heavy atom. The zero-order valence-electron chi connectivity index (χ0n) is 32.7. The average Bonchev–Trinajstić information content (AvgIpc) is 3.98. The van der Waals surface area contributed by atoms with Gasteiger partial charge in [-0.25, -0.2) is 4.98 Å². The first kappa shape index (κ1) is 34.3. The molecule has 0 saturated heterocycles. The smallest absolute Gasteiger partial charge is 0.220 e. The number of aromatic nitrogens is 4. The van der Waals surface area contributed by atoms with Crippen LogP contribution in [0.2, 0.25) is 0 Å². The minimum absolute atomic E-state index is 0.906. The fourth-order valence-corrected chi connectivity index (χ4v) is 14.9. The Morgan fingerprint density at radius 3 is 1.65 bits per heavy atom. The van der Waals surface area contributed by atoms with Crippen molar-refractivity contribution >= 4 is 78.5 Å². The van der Waals surface area contributed by atoms with Gasteiger partial charge in [0.25, 0.3) is 0 Å². The summed E-state index contributed by atoms with van der Waals surface area (Å²) in [5, 5.41) is 7.84. The third-order valence-electron chi connectivity index (χ3n) is 12.4. The molecular formula is C55H38N4Si. The topological polar surface area (TPSA) is 27.2 Å². The van der Waals surface area contributed by atoms with E-state index < -0.39 is 8.07 Å². The van der Waals surface area contributed by atoms with E-state index >= 15 is 0 Å². The second-order valence-electron chi connectivity index (χ2n) is 15.5. The first-order chi connectivity index (χ1) is 29.8. The number of rotatable bonds is 7.